The van der Waals surface area contributed by atoms with Crippen LogP contribution in [0, 0.1) is 0 Å². The van der Waals surface area contributed by atoms with Crippen LogP contribution in [0.15, 0.2) is 157 Å². The molecule has 2 aromatic heterocycles. The summed E-state index contributed by atoms with van der Waals surface area (Å²) in [6.45, 7) is 0. The van der Waals surface area contributed by atoms with Gasteiger partial charge in [0, 0.05) is 40.8 Å². The maximum absolute atomic E-state index is 5.14. The minimum absolute atomic E-state index is 0.227. The van der Waals surface area contributed by atoms with Gasteiger partial charge in [-0.2, -0.15) is 0 Å². The van der Waals surface area contributed by atoms with Crippen molar-refractivity contribution < 1.29 is 0 Å². The molecule has 0 saturated carbocycles. The van der Waals surface area contributed by atoms with Crippen LogP contribution in [-0.2, 0) is 0 Å². The highest BCUT2D eigenvalue weighted by molar-refractivity contribution is 6.13. The Kier molecular flexibility index (Phi) is 5.91. The first kappa shape index (κ1) is 25.6. The molecule has 4 nitrogen and oxygen atoms in total. The monoisotopic (exact) mass is 576 g/mol. The SMILES string of the molecule is C1=CC2C(C=N1)c1ccccc1N2c1ccc(-c2cccc(-c3cccc(-c4cc5ccccc5c5ccccc45)n3)n2)cc1. The first-order chi connectivity index (χ1) is 22.3. The molecule has 0 amide bonds. The van der Waals surface area contributed by atoms with Crippen LogP contribution in [0.25, 0.3) is 55.4 Å². The lowest BCUT2D eigenvalue weighted by Gasteiger charge is -2.28. The average molecular weight is 577 g/mol. The van der Waals surface area contributed by atoms with Gasteiger partial charge in [-0.15, -0.1) is 0 Å². The van der Waals surface area contributed by atoms with Crippen LogP contribution in [0.4, 0.5) is 11.4 Å². The number of para-hydroxylation sites is 1. The molecule has 9 rings (SSSR count). The Morgan fingerprint density at radius 3 is 2.04 bits per heavy atom. The fourth-order valence-corrected chi connectivity index (χ4v) is 6.98. The first-order valence-electron chi connectivity index (χ1n) is 15.4. The second-order valence-corrected chi connectivity index (χ2v) is 11.6. The summed E-state index contributed by atoms with van der Waals surface area (Å²) in [6.07, 6.45) is 6.18. The molecule has 4 heterocycles. The number of fused-ring (bicyclic) bond motifs is 6. The maximum atomic E-state index is 5.14. The van der Waals surface area contributed by atoms with Crippen molar-refractivity contribution in [2.24, 2.45) is 4.99 Å². The smallest absolute Gasteiger partial charge is 0.0893 e. The van der Waals surface area contributed by atoms with Crippen LogP contribution >= 0.6 is 0 Å². The molecule has 5 aromatic carbocycles. The molecule has 7 aromatic rings. The highest BCUT2D eigenvalue weighted by Gasteiger charge is 2.37. The molecule has 2 aliphatic heterocycles. The van der Waals surface area contributed by atoms with Gasteiger partial charge >= 0.3 is 0 Å². The maximum Gasteiger partial charge on any atom is 0.0893 e. The number of nitrogens with zero attached hydrogens (tertiary/aromatic N) is 4. The van der Waals surface area contributed by atoms with Crippen LogP contribution < -0.4 is 4.90 Å². The van der Waals surface area contributed by atoms with Crippen molar-refractivity contribution in [2.45, 2.75) is 12.0 Å². The van der Waals surface area contributed by atoms with Crippen molar-refractivity contribution in [3.63, 3.8) is 0 Å². The third kappa shape index (κ3) is 4.26. The molecule has 0 N–H and O–H groups in total. The largest absolute Gasteiger partial charge is 0.333 e. The van der Waals surface area contributed by atoms with Gasteiger partial charge in [0.1, 0.15) is 0 Å². The molecule has 2 unspecified atom stereocenters. The lowest BCUT2D eigenvalue weighted by atomic mass is 9.95. The minimum Gasteiger partial charge on any atom is -0.333 e. The van der Waals surface area contributed by atoms with E-state index in [1.807, 2.05) is 18.3 Å². The lowest BCUT2D eigenvalue weighted by Crippen LogP contribution is -2.29. The number of benzene rings is 5. The third-order valence-corrected chi connectivity index (χ3v) is 9.08. The molecule has 4 heteroatoms. The third-order valence-electron chi connectivity index (χ3n) is 9.08. The molecule has 45 heavy (non-hydrogen) atoms. The summed E-state index contributed by atoms with van der Waals surface area (Å²) < 4.78 is 0. The predicted molar refractivity (Wildman–Crippen MR) is 186 cm³/mol. The van der Waals surface area contributed by atoms with Gasteiger partial charge in [0.05, 0.1) is 28.8 Å². The molecule has 0 spiro atoms. The predicted octanol–water partition coefficient (Wildman–Crippen LogP) is 9.99. The summed E-state index contributed by atoms with van der Waals surface area (Å²) in [7, 11) is 0. The van der Waals surface area contributed by atoms with Crippen molar-refractivity contribution in [3.8, 4) is 33.9 Å². The van der Waals surface area contributed by atoms with Crippen LogP contribution in [0.2, 0.25) is 0 Å². The van der Waals surface area contributed by atoms with Gasteiger partial charge < -0.3 is 4.90 Å². The van der Waals surface area contributed by atoms with Crippen molar-refractivity contribution >= 4 is 39.1 Å². The van der Waals surface area contributed by atoms with Crippen molar-refractivity contribution in [3.05, 3.63) is 157 Å². The van der Waals surface area contributed by atoms with E-state index in [1.165, 1.54) is 32.8 Å². The topological polar surface area (TPSA) is 41.4 Å². The zero-order valence-corrected chi connectivity index (χ0v) is 24.5. The molecule has 212 valence electrons. The Labute approximate surface area is 261 Å². The standard InChI is InChI=1S/C41H28N4/c1-2-10-30-28(9-1)25-34(32-12-4-3-11-31(30)32)37-15-8-17-39(44-37)38-16-7-14-36(43-38)27-19-21-29(22-20-27)45-40-18-6-5-13-33(40)35-26-42-24-23-41(35)45/h1-26,35,41H. The number of aromatic nitrogens is 2. The number of pyridine rings is 2. The number of aliphatic imine (C=N–C) groups is 1. The van der Waals surface area contributed by atoms with Gasteiger partial charge in [-0.05, 0) is 81.7 Å². The van der Waals surface area contributed by atoms with Crippen LogP contribution in [0.5, 0.6) is 0 Å². The van der Waals surface area contributed by atoms with E-state index in [-0.39, 0.29) is 12.0 Å². The Morgan fingerprint density at radius 2 is 1.20 bits per heavy atom. The Morgan fingerprint density at radius 1 is 0.533 bits per heavy atom. The molecule has 0 bridgehead atoms. The van der Waals surface area contributed by atoms with Crippen LogP contribution in [0.3, 0.4) is 0 Å². The van der Waals surface area contributed by atoms with Crippen molar-refractivity contribution in [1.82, 2.24) is 9.97 Å². The summed E-state index contributed by atoms with van der Waals surface area (Å²) >= 11 is 0. The molecule has 0 saturated heterocycles. The summed E-state index contributed by atoms with van der Waals surface area (Å²) in [4.78, 5) is 17.1. The van der Waals surface area contributed by atoms with E-state index in [4.69, 9.17) is 9.97 Å². The van der Waals surface area contributed by atoms with Gasteiger partial charge in [-0.1, -0.05) is 91.0 Å². The molecular weight excluding hydrogens is 548 g/mol. The summed E-state index contributed by atoms with van der Waals surface area (Å²) in [5.41, 5.74) is 9.49. The van der Waals surface area contributed by atoms with E-state index < -0.39 is 0 Å². The quantitative estimate of drug-likeness (QED) is 0.196. The second-order valence-electron chi connectivity index (χ2n) is 11.6. The van der Waals surface area contributed by atoms with Gasteiger partial charge in [0.2, 0.25) is 0 Å². The summed E-state index contributed by atoms with van der Waals surface area (Å²) in [5, 5.41) is 4.90. The van der Waals surface area contributed by atoms with Crippen molar-refractivity contribution in [1.29, 1.82) is 0 Å². The molecule has 0 aliphatic carbocycles. The second kappa shape index (κ2) is 10.4. The number of anilines is 2. The van der Waals surface area contributed by atoms with E-state index >= 15 is 0 Å². The van der Waals surface area contributed by atoms with Gasteiger partial charge in [0.15, 0.2) is 0 Å². The van der Waals surface area contributed by atoms with Gasteiger partial charge in [-0.3, -0.25) is 4.99 Å². The summed E-state index contributed by atoms with van der Waals surface area (Å²) in [6, 6.07) is 49.4. The number of hydrogen-bond donors (Lipinski definition) is 0. The molecule has 0 fully saturated rings. The molecule has 0 radical (unpaired) electrons. The molecule has 2 aliphatic rings. The normalized spacial score (nSPS) is 16.7. The fourth-order valence-electron chi connectivity index (χ4n) is 6.98. The zero-order chi connectivity index (χ0) is 29.7. The fraction of sp³-hybridized carbons (Fsp3) is 0.0488. The van der Waals surface area contributed by atoms with Crippen molar-refractivity contribution in [2.75, 3.05) is 4.90 Å². The molecule has 2 atom stereocenters. The van der Waals surface area contributed by atoms with Gasteiger partial charge in [-0.25, -0.2) is 9.97 Å². The highest BCUT2D eigenvalue weighted by Crippen LogP contribution is 2.46. The van der Waals surface area contributed by atoms with E-state index in [1.54, 1.807) is 0 Å². The van der Waals surface area contributed by atoms with E-state index in [0.29, 0.717) is 0 Å². The van der Waals surface area contributed by atoms with Crippen LogP contribution in [-0.4, -0.2) is 22.2 Å². The highest BCUT2D eigenvalue weighted by atomic mass is 15.2. The van der Waals surface area contributed by atoms with Gasteiger partial charge in [0.25, 0.3) is 0 Å². The Balaban J connectivity index is 1.06. The molecular formula is C41H28N4. The van der Waals surface area contributed by atoms with E-state index in [0.717, 1.165) is 39.6 Å². The lowest BCUT2D eigenvalue weighted by molar-refractivity contribution is 0.780. The first-order valence-corrected chi connectivity index (χ1v) is 15.4. The number of hydrogen-bond acceptors (Lipinski definition) is 4. The van der Waals surface area contributed by atoms with E-state index in [9.17, 15) is 0 Å². The Hall–Kier alpha value is -5.87. The van der Waals surface area contributed by atoms with Crippen LogP contribution in [0.1, 0.15) is 11.5 Å². The average Bonchev–Trinajstić information content (AvgIpc) is 3.46. The Bertz CT molecular complexity index is 2300. The zero-order valence-electron chi connectivity index (χ0n) is 24.5. The number of rotatable bonds is 4. The van der Waals surface area contributed by atoms with E-state index in [2.05, 4.69) is 150 Å². The summed E-state index contributed by atoms with van der Waals surface area (Å²) in [5.74, 6) is 0.264. The minimum atomic E-state index is 0.227.